The molecule has 2 aromatic carbocycles. The molecule has 2 aromatic heterocycles. The van der Waals surface area contributed by atoms with Crippen LogP contribution in [0.25, 0.3) is 16.9 Å². The lowest BCUT2D eigenvalue weighted by molar-refractivity contribution is -0.116. The van der Waals surface area contributed by atoms with E-state index in [1.54, 1.807) is 52.1 Å². The van der Waals surface area contributed by atoms with Gasteiger partial charge in [-0.2, -0.15) is 5.10 Å². The molecule has 0 aliphatic carbocycles. The van der Waals surface area contributed by atoms with Gasteiger partial charge in [-0.3, -0.25) is 4.79 Å². The van der Waals surface area contributed by atoms with Gasteiger partial charge in [0.1, 0.15) is 0 Å². The number of anilines is 1. The summed E-state index contributed by atoms with van der Waals surface area (Å²) >= 11 is 0. The quantitative estimate of drug-likeness (QED) is 0.467. The topological polar surface area (TPSA) is 96.7 Å². The molecule has 0 saturated carbocycles. The average Bonchev–Trinajstić information content (AvgIpc) is 3.22. The van der Waals surface area contributed by atoms with E-state index in [-0.39, 0.29) is 17.3 Å². The molecular formula is C23H23N5O3S. The van der Waals surface area contributed by atoms with Crippen LogP contribution in [-0.2, 0) is 21.4 Å². The van der Waals surface area contributed by atoms with Crippen LogP contribution >= 0.6 is 0 Å². The van der Waals surface area contributed by atoms with Gasteiger partial charge in [-0.15, -0.1) is 0 Å². The van der Waals surface area contributed by atoms with Crippen molar-refractivity contribution >= 4 is 27.3 Å². The van der Waals surface area contributed by atoms with Gasteiger partial charge in [0.2, 0.25) is 15.9 Å². The number of carbonyl (C=O) groups excluding carboxylic acids is 1. The molecule has 1 N–H and O–H groups in total. The second kappa shape index (κ2) is 8.89. The van der Waals surface area contributed by atoms with Crippen LogP contribution in [-0.4, -0.2) is 35.5 Å². The van der Waals surface area contributed by atoms with Gasteiger partial charge in [0.15, 0.2) is 5.65 Å². The van der Waals surface area contributed by atoms with Gasteiger partial charge < -0.3 is 4.90 Å². The van der Waals surface area contributed by atoms with E-state index in [0.29, 0.717) is 17.8 Å². The number of sulfonamides is 1. The third-order valence-electron chi connectivity index (χ3n) is 5.13. The Bertz CT molecular complexity index is 1370. The monoisotopic (exact) mass is 449 g/mol. The molecule has 9 heteroatoms. The maximum Gasteiger partial charge on any atom is 0.240 e. The Morgan fingerprint density at radius 3 is 2.59 bits per heavy atom. The minimum atomic E-state index is -3.65. The van der Waals surface area contributed by atoms with E-state index in [1.807, 2.05) is 37.3 Å². The Balaban J connectivity index is 1.65. The second-order valence-corrected chi connectivity index (χ2v) is 8.95. The summed E-state index contributed by atoms with van der Waals surface area (Å²) < 4.78 is 29.4. The molecule has 1 amide bonds. The highest BCUT2D eigenvalue weighted by atomic mass is 32.2. The Morgan fingerprint density at radius 1 is 1.09 bits per heavy atom. The van der Waals surface area contributed by atoms with Crippen molar-refractivity contribution in [1.29, 1.82) is 0 Å². The van der Waals surface area contributed by atoms with Crippen molar-refractivity contribution in [1.82, 2.24) is 19.3 Å². The van der Waals surface area contributed by atoms with Crippen molar-refractivity contribution < 1.29 is 13.2 Å². The standard InChI is InChI=1S/C23H23N5O3S/c1-3-27(17(2)29)20-9-7-8-18(14-20)22-12-13-24-23-19(15-25-28(22)23)16-26-32(30,31)21-10-5-4-6-11-21/h4-15,26H,3,16H2,1-2H3. The molecule has 0 bridgehead atoms. The van der Waals surface area contributed by atoms with Crippen LogP contribution in [0.15, 0.2) is 78.0 Å². The minimum Gasteiger partial charge on any atom is -0.313 e. The molecule has 8 nitrogen and oxygen atoms in total. The number of benzene rings is 2. The van der Waals surface area contributed by atoms with Gasteiger partial charge >= 0.3 is 0 Å². The summed E-state index contributed by atoms with van der Waals surface area (Å²) in [6.07, 6.45) is 3.27. The number of amides is 1. The van der Waals surface area contributed by atoms with Crippen molar-refractivity contribution in [3.63, 3.8) is 0 Å². The number of carbonyl (C=O) groups is 1. The maximum atomic E-state index is 12.5. The van der Waals surface area contributed by atoms with Crippen molar-refractivity contribution in [2.24, 2.45) is 0 Å². The molecule has 164 valence electrons. The highest BCUT2D eigenvalue weighted by molar-refractivity contribution is 7.89. The van der Waals surface area contributed by atoms with E-state index in [4.69, 9.17) is 0 Å². The third kappa shape index (κ3) is 4.25. The molecule has 0 fully saturated rings. The second-order valence-electron chi connectivity index (χ2n) is 7.19. The number of nitrogens with one attached hydrogen (secondary N) is 1. The van der Waals surface area contributed by atoms with Crippen LogP contribution in [0.4, 0.5) is 5.69 Å². The van der Waals surface area contributed by atoms with E-state index < -0.39 is 10.0 Å². The van der Waals surface area contributed by atoms with Gasteiger partial charge in [-0.05, 0) is 37.3 Å². The van der Waals surface area contributed by atoms with Crippen LogP contribution in [0.1, 0.15) is 19.4 Å². The first kappa shape index (κ1) is 21.7. The normalized spacial score (nSPS) is 11.6. The predicted molar refractivity (Wildman–Crippen MR) is 123 cm³/mol. The van der Waals surface area contributed by atoms with Crippen LogP contribution in [0, 0.1) is 0 Å². The molecule has 0 aliphatic rings. The first-order valence-corrected chi connectivity index (χ1v) is 11.6. The van der Waals surface area contributed by atoms with Gasteiger partial charge in [-0.1, -0.05) is 30.3 Å². The third-order valence-corrected chi connectivity index (χ3v) is 6.55. The van der Waals surface area contributed by atoms with Crippen molar-refractivity contribution in [2.75, 3.05) is 11.4 Å². The molecule has 0 unspecified atom stereocenters. The van der Waals surface area contributed by atoms with E-state index in [2.05, 4.69) is 14.8 Å². The van der Waals surface area contributed by atoms with Crippen LogP contribution in [0.2, 0.25) is 0 Å². The van der Waals surface area contributed by atoms with E-state index >= 15 is 0 Å². The highest BCUT2D eigenvalue weighted by Gasteiger charge is 2.17. The fraction of sp³-hybridized carbons (Fsp3) is 0.174. The van der Waals surface area contributed by atoms with Crippen LogP contribution in [0.3, 0.4) is 0 Å². The zero-order valence-corrected chi connectivity index (χ0v) is 18.6. The number of fused-ring (bicyclic) bond motifs is 1. The number of rotatable bonds is 7. The number of hydrogen-bond donors (Lipinski definition) is 1. The summed E-state index contributed by atoms with van der Waals surface area (Å²) in [7, 11) is -3.65. The van der Waals surface area contributed by atoms with Crippen molar-refractivity contribution in [2.45, 2.75) is 25.3 Å². The summed E-state index contributed by atoms with van der Waals surface area (Å²) in [5, 5.41) is 4.44. The largest absolute Gasteiger partial charge is 0.313 e. The summed E-state index contributed by atoms with van der Waals surface area (Å²) in [6.45, 7) is 4.09. The van der Waals surface area contributed by atoms with Gasteiger partial charge in [0.05, 0.1) is 16.8 Å². The summed E-state index contributed by atoms with van der Waals surface area (Å²) in [5.74, 6) is -0.0309. The molecule has 4 rings (SSSR count). The van der Waals surface area contributed by atoms with Crippen molar-refractivity contribution in [3.05, 3.63) is 78.6 Å². The smallest absolute Gasteiger partial charge is 0.240 e. The Hall–Kier alpha value is -3.56. The summed E-state index contributed by atoms with van der Waals surface area (Å²) in [6, 6.07) is 17.7. The lowest BCUT2D eigenvalue weighted by atomic mass is 10.1. The Kier molecular flexibility index (Phi) is 6.02. The first-order valence-electron chi connectivity index (χ1n) is 10.2. The van der Waals surface area contributed by atoms with Gasteiger partial charge in [0.25, 0.3) is 0 Å². The molecule has 0 saturated heterocycles. The maximum absolute atomic E-state index is 12.5. The first-order chi connectivity index (χ1) is 15.4. The van der Waals surface area contributed by atoms with Crippen molar-refractivity contribution in [3.8, 4) is 11.3 Å². The molecule has 0 spiro atoms. The van der Waals surface area contributed by atoms with E-state index in [0.717, 1.165) is 16.9 Å². The molecule has 32 heavy (non-hydrogen) atoms. The number of aromatic nitrogens is 3. The molecule has 0 atom stereocenters. The minimum absolute atomic E-state index is 0.0309. The molecule has 0 radical (unpaired) electrons. The average molecular weight is 450 g/mol. The number of hydrogen-bond acceptors (Lipinski definition) is 5. The Morgan fingerprint density at radius 2 is 1.88 bits per heavy atom. The molecular weight excluding hydrogens is 426 g/mol. The summed E-state index contributed by atoms with van der Waals surface area (Å²) in [4.78, 5) is 18.2. The SMILES string of the molecule is CCN(C(C)=O)c1cccc(-c2ccnc3c(CNS(=O)(=O)c4ccccc4)cnn23)c1. The predicted octanol–water partition coefficient (Wildman–Crippen LogP) is 3.25. The Labute approximate surface area is 186 Å². The molecule has 0 aliphatic heterocycles. The fourth-order valence-electron chi connectivity index (χ4n) is 3.56. The zero-order chi connectivity index (χ0) is 22.7. The fourth-order valence-corrected chi connectivity index (χ4v) is 4.59. The van der Waals surface area contributed by atoms with E-state index in [1.165, 1.54) is 6.92 Å². The lowest BCUT2D eigenvalue weighted by Crippen LogP contribution is -2.27. The van der Waals surface area contributed by atoms with Crippen LogP contribution < -0.4 is 9.62 Å². The summed E-state index contributed by atoms with van der Waals surface area (Å²) in [5.41, 5.74) is 3.66. The molecule has 4 aromatic rings. The highest BCUT2D eigenvalue weighted by Crippen LogP contribution is 2.26. The van der Waals surface area contributed by atoms with Crippen LogP contribution in [0.5, 0.6) is 0 Å². The van der Waals surface area contributed by atoms with Gasteiger partial charge in [0, 0.05) is 43.0 Å². The lowest BCUT2D eigenvalue weighted by Gasteiger charge is -2.19. The zero-order valence-electron chi connectivity index (χ0n) is 17.8. The molecule has 2 heterocycles. The number of nitrogens with zero attached hydrogens (tertiary/aromatic N) is 4. The van der Waals surface area contributed by atoms with E-state index in [9.17, 15) is 13.2 Å². The van der Waals surface area contributed by atoms with Gasteiger partial charge in [-0.25, -0.2) is 22.6 Å².